The predicted octanol–water partition coefficient (Wildman–Crippen LogP) is 3.24. The summed E-state index contributed by atoms with van der Waals surface area (Å²) in [6, 6.07) is -0.738. The molecule has 29 heavy (non-hydrogen) atoms. The van der Waals surface area contributed by atoms with E-state index in [1.165, 1.54) is 6.20 Å². The van der Waals surface area contributed by atoms with Gasteiger partial charge >= 0.3 is 6.03 Å². The number of carbonyl (C=O) groups excluding carboxylic acids is 1. The Morgan fingerprint density at radius 2 is 2.14 bits per heavy atom. The molecule has 4 rings (SSSR count). The number of hydrogen-bond acceptors (Lipinski definition) is 6. The van der Waals surface area contributed by atoms with E-state index in [1.807, 2.05) is 0 Å². The first-order valence-electron chi connectivity index (χ1n) is 9.65. The molecule has 0 radical (unpaired) electrons. The molecule has 2 aliphatic carbocycles. The van der Waals surface area contributed by atoms with Gasteiger partial charge < -0.3 is 10.4 Å². The van der Waals surface area contributed by atoms with Gasteiger partial charge in [0.15, 0.2) is 9.92 Å². The van der Waals surface area contributed by atoms with Gasteiger partial charge in [-0.3, -0.25) is 4.98 Å². The van der Waals surface area contributed by atoms with Gasteiger partial charge in [0.2, 0.25) is 0 Å². The zero-order valence-corrected chi connectivity index (χ0v) is 18.3. The van der Waals surface area contributed by atoms with Crippen molar-refractivity contribution in [3.05, 3.63) is 33.7 Å². The van der Waals surface area contributed by atoms with Gasteiger partial charge in [0.1, 0.15) is 14.8 Å². The van der Waals surface area contributed by atoms with E-state index in [0.29, 0.717) is 10.9 Å². The van der Waals surface area contributed by atoms with Gasteiger partial charge in [0.05, 0.1) is 11.9 Å². The van der Waals surface area contributed by atoms with Crippen LogP contribution in [0.2, 0.25) is 0 Å². The second-order valence-electron chi connectivity index (χ2n) is 8.20. The minimum absolute atomic E-state index is 0.156. The second-order valence-corrected chi connectivity index (χ2v) is 11.3. The standard InChI is InChI=1S/C19H25N5O3S2/c1-10-7-8-12-15(10)22-13-6-4-5-11(13)16(12)23-18(25)24-29(20,27)14-9-21-17(28-14)19(2,3)26/h9-10,26H,4-8H2,1-3H3,(H3,20,22,23,24,25,27)/t10?,29-/m1/s1. The van der Waals surface area contributed by atoms with Crippen molar-refractivity contribution >= 4 is 33.0 Å². The topological polar surface area (TPSA) is 131 Å². The molecule has 156 valence electrons. The van der Waals surface area contributed by atoms with E-state index in [1.54, 1.807) is 13.8 Å². The van der Waals surface area contributed by atoms with Crippen LogP contribution in [0.15, 0.2) is 14.8 Å². The SMILES string of the molecule is CC1CCc2c1nc1c(c2NC(=O)N=[S@@](N)(=O)c2cnc(C(C)(C)O)s2)CCC1. The number of anilines is 1. The van der Waals surface area contributed by atoms with Crippen LogP contribution in [-0.4, -0.2) is 25.3 Å². The number of aliphatic hydroxyl groups is 1. The van der Waals surface area contributed by atoms with E-state index in [0.717, 1.165) is 71.6 Å². The molecule has 2 heterocycles. The van der Waals surface area contributed by atoms with Crippen molar-refractivity contribution in [2.24, 2.45) is 9.50 Å². The molecular weight excluding hydrogens is 410 g/mol. The first kappa shape index (κ1) is 20.4. The Morgan fingerprint density at radius 3 is 2.83 bits per heavy atom. The number of aromatic nitrogens is 2. The lowest BCUT2D eigenvalue weighted by Gasteiger charge is -2.15. The first-order chi connectivity index (χ1) is 13.6. The molecule has 2 aromatic heterocycles. The van der Waals surface area contributed by atoms with Crippen molar-refractivity contribution in [3.8, 4) is 0 Å². The van der Waals surface area contributed by atoms with Crippen LogP contribution in [0.4, 0.5) is 10.5 Å². The van der Waals surface area contributed by atoms with Crippen molar-refractivity contribution in [3.63, 3.8) is 0 Å². The molecule has 0 saturated carbocycles. The van der Waals surface area contributed by atoms with Crippen LogP contribution in [0.1, 0.15) is 67.1 Å². The van der Waals surface area contributed by atoms with Crippen molar-refractivity contribution in [1.29, 1.82) is 0 Å². The third-order valence-corrected chi connectivity index (χ3v) is 8.59. The Morgan fingerprint density at radius 1 is 1.38 bits per heavy atom. The largest absolute Gasteiger partial charge is 0.383 e. The van der Waals surface area contributed by atoms with Crippen molar-refractivity contribution in [2.75, 3.05) is 5.32 Å². The fourth-order valence-corrected chi connectivity index (χ4v) is 5.99. The van der Waals surface area contributed by atoms with E-state index < -0.39 is 21.5 Å². The monoisotopic (exact) mass is 435 g/mol. The molecule has 0 fully saturated rings. The number of nitrogens with zero attached hydrogens (tertiary/aromatic N) is 3. The van der Waals surface area contributed by atoms with Gasteiger partial charge in [-0.05, 0) is 63.0 Å². The fraction of sp³-hybridized carbons (Fsp3) is 0.526. The number of pyridine rings is 1. The van der Waals surface area contributed by atoms with Crippen LogP contribution in [0.5, 0.6) is 0 Å². The zero-order chi connectivity index (χ0) is 21.0. The van der Waals surface area contributed by atoms with E-state index in [-0.39, 0.29) is 4.21 Å². The van der Waals surface area contributed by atoms with Crippen LogP contribution in [0.25, 0.3) is 0 Å². The molecule has 0 spiro atoms. The number of nitrogens with two attached hydrogens (primary N) is 1. The maximum absolute atomic E-state index is 12.9. The molecule has 10 heteroatoms. The van der Waals surface area contributed by atoms with Gasteiger partial charge in [-0.1, -0.05) is 6.92 Å². The highest BCUT2D eigenvalue weighted by Crippen LogP contribution is 2.41. The van der Waals surface area contributed by atoms with E-state index in [2.05, 4.69) is 21.6 Å². The molecule has 2 atom stereocenters. The molecule has 1 unspecified atom stereocenters. The Hall–Kier alpha value is -1.88. The number of rotatable bonds is 3. The summed E-state index contributed by atoms with van der Waals surface area (Å²) in [6.45, 7) is 5.29. The maximum atomic E-state index is 12.9. The minimum atomic E-state index is -3.47. The summed E-state index contributed by atoms with van der Waals surface area (Å²) in [4.78, 5) is 21.6. The highest BCUT2D eigenvalue weighted by Gasteiger charge is 2.30. The fourth-order valence-electron chi connectivity index (χ4n) is 3.93. The number of nitrogens with one attached hydrogen (secondary N) is 1. The molecule has 2 aromatic rings. The quantitative estimate of drug-likeness (QED) is 0.681. The number of fused-ring (bicyclic) bond motifs is 2. The van der Waals surface area contributed by atoms with E-state index in [9.17, 15) is 14.1 Å². The lowest BCUT2D eigenvalue weighted by atomic mass is 10.0. The van der Waals surface area contributed by atoms with E-state index >= 15 is 0 Å². The number of hydrogen-bond donors (Lipinski definition) is 3. The summed E-state index contributed by atoms with van der Waals surface area (Å²) in [5, 5.41) is 19.1. The maximum Gasteiger partial charge on any atom is 0.354 e. The summed E-state index contributed by atoms with van der Waals surface area (Å²) in [5.74, 6) is 0.361. The number of aryl methyl sites for hydroxylation is 1. The normalized spacial score (nSPS) is 20.1. The molecule has 2 aliphatic rings. The zero-order valence-electron chi connectivity index (χ0n) is 16.7. The van der Waals surface area contributed by atoms with Crippen LogP contribution in [0.3, 0.4) is 0 Å². The number of amides is 2. The molecule has 8 nitrogen and oxygen atoms in total. The summed E-state index contributed by atoms with van der Waals surface area (Å²) >= 11 is 0.990. The van der Waals surface area contributed by atoms with Crippen molar-refractivity contribution in [1.82, 2.24) is 9.97 Å². The minimum Gasteiger partial charge on any atom is -0.383 e. The van der Waals surface area contributed by atoms with E-state index in [4.69, 9.17) is 10.1 Å². The highest BCUT2D eigenvalue weighted by atomic mass is 32.2. The van der Waals surface area contributed by atoms with Crippen LogP contribution in [0, 0.1) is 0 Å². The summed E-state index contributed by atoms with van der Waals surface area (Å²) in [7, 11) is -3.47. The average Bonchev–Trinajstić information content (AvgIpc) is 3.33. The number of urea groups is 1. The van der Waals surface area contributed by atoms with Crippen LogP contribution < -0.4 is 10.5 Å². The highest BCUT2D eigenvalue weighted by molar-refractivity contribution is 7.93. The summed E-state index contributed by atoms with van der Waals surface area (Å²) in [5.41, 5.74) is 3.80. The Kier molecular flexibility index (Phi) is 5.01. The Balaban J connectivity index is 1.66. The predicted molar refractivity (Wildman–Crippen MR) is 112 cm³/mol. The molecular formula is C19H25N5O3S2. The van der Waals surface area contributed by atoms with Crippen LogP contribution in [-0.2, 0) is 34.8 Å². The van der Waals surface area contributed by atoms with Gasteiger partial charge in [0, 0.05) is 11.4 Å². The van der Waals surface area contributed by atoms with Gasteiger partial charge in [0.25, 0.3) is 0 Å². The Bertz CT molecular complexity index is 1110. The third-order valence-electron chi connectivity index (χ3n) is 5.40. The molecule has 4 N–H and O–H groups in total. The lowest BCUT2D eigenvalue weighted by Crippen LogP contribution is -2.18. The van der Waals surface area contributed by atoms with Gasteiger partial charge in [-0.15, -0.1) is 15.7 Å². The third kappa shape index (κ3) is 3.81. The van der Waals surface area contributed by atoms with Gasteiger partial charge in [-0.25, -0.2) is 19.1 Å². The Labute approximate surface area is 174 Å². The number of thiazole rings is 1. The molecule has 0 bridgehead atoms. The molecule has 0 aromatic carbocycles. The molecule has 0 aliphatic heterocycles. The van der Waals surface area contributed by atoms with Crippen LogP contribution >= 0.6 is 11.3 Å². The van der Waals surface area contributed by atoms with Gasteiger partial charge in [-0.2, -0.15) is 0 Å². The molecule has 2 amide bonds. The number of carbonyl (C=O) groups is 1. The second kappa shape index (κ2) is 7.12. The average molecular weight is 436 g/mol. The summed E-state index contributed by atoms with van der Waals surface area (Å²) < 4.78 is 16.8. The first-order valence-corrected chi connectivity index (χ1v) is 12.0. The summed E-state index contributed by atoms with van der Waals surface area (Å²) in [6.07, 6.45) is 5.94. The molecule has 0 saturated heterocycles. The smallest absolute Gasteiger partial charge is 0.354 e. The lowest BCUT2D eigenvalue weighted by molar-refractivity contribution is 0.0783. The van der Waals surface area contributed by atoms with Crippen molar-refractivity contribution < 1.29 is 14.1 Å². The van der Waals surface area contributed by atoms with Crippen molar-refractivity contribution in [2.45, 2.75) is 68.6 Å².